The molecule has 0 bridgehead atoms. The van der Waals surface area contributed by atoms with Crippen LogP contribution in [-0.2, 0) is 26.2 Å². The van der Waals surface area contributed by atoms with E-state index in [0.29, 0.717) is 21.3 Å². The van der Waals surface area contributed by atoms with Crippen LogP contribution in [0.4, 0.5) is 5.69 Å². The minimum absolute atomic E-state index is 0.00781. The van der Waals surface area contributed by atoms with Crippen LogP contribution in [0.1, 0.15) is 23.6 Å². The highest BCUT2D eigenvalue weighted by Crippen LogP contribution is 2.25. The quantitative estimate of drug-likeness (QED) is 0.601. The lowest BCUT2D eigenvalue weighted by Crippen LogP contribution is -2.50. The van der Waals surface area contributed by atoms with Gasteiger partial charge in [-0.15, -0.1) is 0 Å². The summed E-state index contributed by atoms with van der Waals surface area (Å²) in [5.41, 5.74) is 2.70. The van der Waals surface area contributed by atoms with Crippen LogP contribution in [0.25, 0.3) is 0 Å². The second-order valence-corrected chi connectivity index (χ2v) is 10.4. The zero-order valence-electron chi connectivity index (χ0n) is 18.6. The molecule has 0 radical (unpaired) electrons. The maximum Gasteiger partial charge on any atom is 0.244 e. The van der Waals surface area contributed by atoms with Gasteiger partial charge in [0.15, 0.2) is 0 Å². The highest BCUT2D eigenvalue weighted by molar-refractivity contribution is 7.92. The van der Waals surface area contributed by atoms with Crippen LogP contribution in [0.15, 0.2) is 36.4 Å². The number of sulfonamides is 1. The average molecular weight is 500 g/mol. The maximum atomic E-state index is 13.4. The predicted octanol–water partition coefficient (Wildman–Crippen LogP) is 3.54. The van der Waals surface area contributed by atoms with Crippen molar-refractivity contribution in [2.75, 3.05) is 24.2 Å². The van der Waals surface area contributed by atoms with Gasteiger partial charge in [-0.2, -0.15) is 0 Å². The Balaban J connectivity index is 2.44. The lowest BCUT2D eigenvalue weighted by atomic mass is 10.1. The zero-order chi connectivity index (χ0) is 24.2. The summed E-state index contributed by atoms with van der Waals surface area (Å²) in [6.45, 7) is 4.81. The van der Waals surface area contributed by atoms with Crippen LogP contribution in [0.3, 0.4) is 0 Å². The Morgan fingerprint density at radius 1 is 1.06 bits per heavy atom. The summed E-state index contributed by atoms with van der Waals surface area (Å²) < 4.78 is 26.2. The van der Waals surface area contributed by atoms with Gasteiger partial charge in [0.2, 0.25) is 21.8 Å². The number of anilines is 1. The Hall–Kier alpha value is -2.29. The maximum absolute atomic E-state index is 13.4. The first-order chi connectivity index (χ1) is 14.8. The van der Waals surface area contributed by atoms with Crippen molar-refractivity contribution in [3.8, 4) is 0 Å². The van der Waals surface area contributed by atoms with Crippen LogP contribution in [0.2, 0.25) is 10.0 Å². The second-order valence-electron chi connectivity index (χ2n) is 7.66. The molecule has 0 spiro atoms. The molecule has 2 aromatic carbocycles. The summed E-state index contributed by atoms with van der Waals surface area (Å²) in [5.74, 6) is -0.933. The third kappa shape index (κ3) is 6.60. The van der Waals surface area contributed by atoms with Crippen LogP contribution >= 0.6 is 23.2 Å². The third-order valence-electron chi connectivity index (χ3n) is 4.94. The third-order valence-corrected chi connectivity index (χ3v) is 6.67. The van der Waals surface area contributed by atoms with Crippen molar-refractivity contribution in [2.45, 2.75) is 33.4 Å². The average Bonchev–Trinajstić information content (AvgIpc) is 2.68. The fourth-order valence-electron chi connectivity index (χ4n) is 3.33. The zero-order valence-corrected chi connectivity index (χ0v) is 21.0. The standard InChI is InChI=1S/C22H27Cl2N3O4S/c1-14-8-15(2)10-19(9-14)27(32(5,30)31)13-21(28)26(16(3)22(29)25-4)12-17-6-7-18(23)11-20(17)24/h6-11,16H,12-13H2,1-5H3,(H,25,29)/t16-/m0/s1. The number of carbonyl (C=O) groups is 2. The summed E-state index contributed by atoms with van der Waals surface area (Å²) in [6, 6.07) is 9.29. The number of nitrogens with one attached hydrogen (secondary N) is 1. The number of nitrogens with zero attached hydrogens (tertiary/aromatic N) is 2. The molecule has 10 heteroatoms. The van der Waals surface area contributed by atoms with Gasteiger partial charge in [0, 0.05) is 23.6 Å². The van der Waals surface area contributed by atoms with Crippen molar-refractivity contribution in [2.24, 2.45) is 0 Å². The van der Waals surface area contributed by atoms with E-state index in [1.165, 1.54) is 11.9 Å². The molecule has 0 fully saturated rings. The first kappa shape index (κ1) is 26.0. The fourth-order valence-corrected chi connectivity index (χ4v) is 4.63. The lowest BCUT2D eigenvalue weighted by molar-refractivity contribution is -0.139. The van der Waals surface area contributed by atoms with E-state index in [2.05, 4.69) is 5.32 Å². The largest absolute Gasteiger partial charge is 0.357 e. The molecular weight excluding hydrogens is 473 g/mol. The Labute approximate surface area is 199 Å². The van der Waals surface area contributed by atoms with Crippen molar-refractivity contribution < 1.29 is 18.0 Å². The number of hydrogen-bond acceptors (Lipinski definition) is 4. The van der Waals surface area contributed by atoms with E-state index in [0.717, 1.165) is 21.7 Å². The van der Waals surface area contributed by atoms with Crippen molar-refractivity contribution in [3.63, 3.8) is 0 Å². The van der Waals surface area contributed by atoms with E-state index in [4.69, 9.17) is 23.2 Å². The Morgan fingerprint density at radius 3 is 2.16 bits per heavy atom. The first-order valence-electron chi connectivity index (χ1n) is 9.84. The van der Waals surface area contributed by atoms with E-state index >= 15 is 0 Å². The number of hydrogen-bond donors (Lipinski definition) is 1. The molecule has 7 nitrogen and oxygen atoms in total. The van der Waals surface area contributed by atoms with Crippen molar-refractivity contribution in [1.82, 2.24) is 10.2 Å². The van der Waals surface area contributed by atoms with Gasteiger partial charge in [-0.25, -0.2) is 8.42 Å². The van der Waals surface area contributed by atoms with Crippen LogP contribution < -0.4 is 9.62 Å². The minimum Gasteiger partial charge on any atom is -0.357 e. The second kappa shape index (κ2) is 10.6. The van der Waals surface area contributed by atoms with Crippen LogP contribution in [-0.4, -0.2) is 51.0 Å². The van der Waals surface area contributed by atoms with Gasteiger partial charge in [0.05, 0.1) is 11.9 Å². The van der Waals surface area contributed by atoms with Gasteiger partial charge < -0.3 is 10.2 Å². The Morgan fingerprint density at radius 2 is 1.66 bits per heavy atom. The smallest absolute Gasteiger partial charge is 0.244 e. The monoisotopic (exact) mass is 499 g/mol. The molecule has 1 atom stereocenters. The van der Waals surface area contributed by atoms with Gasteiger partial charge in [-0.3, -0.25) is 13.9 Å². The normalized spacial score (nSPS) is 12.2. The molecule has 0 saturated heterocycles. The SMILES string of the molecule is CNC(=O)[C@H](C)N(Cc1ccc(Cl)cc1Cl)C(=O)CN(c1cc(C)cc(C)c1)S(C)(=O)=O. The molecule has 0 aliphatic heterocycles. The molecule has 0 aliphatic carbocycles. The van der Waals surface area contributed by atoms with Crippen LogP contribution in [0.5, 0.6) is 0 Å². The molecule has 2 aromatic rings. The molecule has 32 heavy (non-hydrogen) atoms. The lowest BCUT2D eigenvalue weighted by Gasteiger charge is -2.31. The minimum atomic E-state index is -3.78. The molecule has 174 valence electrons. The number of benzene rings is 2. The Kier molecular flexibility index (Phi) is 8.56. The summed E-state index contributed by atoms with van der Waals surface area (Å²) in [7, 11) is -2.31. The summed E-state index contributed by atoms with van der Waals surface area (Å²) in [4.78, 5) is 27.0. The van der Waals surface area contributed by atoms with E-state index < -0.39 is 28.5 Å². The van der Waals surface area contributed by atoms with Gasteiger partial charge in [0.25, 0.3) is 0 Å². The number of aryl methyl sites for hydroxylation is 2. The van der Waals surface area contributed by atoms with Crippen molar-refractivity contribution in [3.05, 3.63) is 63.1 Å². The number of halogens is 2. The number of rotatable bonds is 8. The molecule has 2 rings (SSSR count). The molecule has 0 aromatic heterocycles. The van der Waals surface area contributed by atoms with E-state index in [9.17, 15) is 18.0 Å². The van der Waals surface area contributed by atoms with E-state index in [-0.39, 0.29) is 12.5 Å². The summed E-state index contributed by atoms with van der Waals surface area (Å²) in [6.07, 6.45) is 1.04. The predicted molar refractivity (Wildman–Crippen MR) is 129 cm³/mol. The highest BCUT2D eigenvalue weighted by atomic mass is 35.5. The molecule has 2 amide bonds. The number of amides is 2. The summed E-state index contributed by atoms with van der Waals surface area (Å²) >= 11 is 12.2. The number of carbonyl (C=O) groups excluding carboxylic acids is 2. The van der Waals surface area contributed by atoms with Gasteiger partial charge in [-0.1, -0.05) is 35.3 Å². The van der Waals surface area contributed by atoms with Gasteiger partial charge >= 0.3 is 0 Å². The fraction of sp³-hybridized carbons (Fsp3) is 0.364. The van der Waals surface area contributed by atoms with E-state index in [1.807, 2.05) is 19.9 Å². The highest BCUT2D eigenvalue weighted by Gasteiger charge is 2.30. The molecular formula is C22H27Cl2N3O4S. The van der Waals surface area contributed by atoms with Crippen molar-refractivity contribution >= 4 is 50.7 Å². The van der Waals surface area contributed by atoms with Crippen LogP contribution in [0, 0.1) is 13.8 Å². The van der Waals surface area contributed by atoms with Gasteiger partial charge in [-0.05, 0) is 61.7 Å². The molecule has 0 unspecified atom stereocenters. The van der Waals surface area contributed by atoms with E-state index in [1.54, 1.807) is 37.3 Å². The molecule has 0 aliphatic rings. The molecule has 1 N–H and O–H groups in total. The Bertz CT molecular complexity index is 1100. The molecule has 0 saturated carbocycles. The van der Waals surface area contributed by atoms with Crippen molar-refractivity contribution in [1.29, 1.82) is 0 Å². The first-order valence-corrected chi connectivity index (χ1v) is 12.4. The molecule has 0 heterocycles. The topological polar surface area (TPSA) is 86.8 Å². The number of likely N-dealkylation sites (N-methyl/N-ethyl adjacent to an activating group) is 1. The van der Waals surface area contributed by atoms with Gasteiger partial charge in [0.1, 0.15) is 12.6 Å². The summed E-state index contributed by atoms with van der Waals surface area (Å²) in [5, 5.41) is 3.30.